The average Bonchev–Trinajstić information content (AvgIpc) is 3.60. The summed E-state index contributed by atoms with van der Waals surface area (Å²) in [6, 6.07) is 16.5. The Morgan fingerprint density at radius 1 is 0.878 bits per heavy atom. The normalized spacial score (nSPS) is 15.4. The Morgan fingerprint density at radius 3 is 2.22 bits per heavy atom. The highest BCUT2D eigenvalue weighted by Gasteiger charge is 2.33. The lowest BCUT2D eigenvalue weighted by Gasteiger charge is -2.27. The number of hydrogen-bond acceptors (Lipinski definition) is 6. The summed E-state index contributed by atoms with van der Waals surface area (Å²) in [7, 11) is 0.141. The molecule has 0 atom stereocenters. The predicted octanol–water partition coefficient (Wildman–Crippen LogP) is 8.66. The summed E-state index contributed by atoms with van der Waals surface area (Å²) in [4.78, 5) is 30.2. The molecule has 0 saturated carbocycles. The van der Waals surface area contributed by atoms with Crippen LogP contribution in [-0.2, 0) is 23.2 Å². The van der Waals surface area contributed by atoms with Crippen LogP contribution in [0, 0.1) is 0 Å². The van der Waals surface area contributed by atoms with Crippen molar-refractivity contribution in [2.45, 2.75) is 98.0 Å². The second-order valence-corrected chi connectivity index (χ2v) is 18.0. The van der Waals surface area contributed by atoms with Gasteiger partial charge in [-0.1, -0.05) is 57.5 Å². The van der Waals surface area contributed by atoms with E-state index in [9.17, 15) is 9.59 Å². The van der Waals surface area contributed by atoms with Gasteiger partial charge in [0.25, 0.3) is 5.91 Å². The highest BCUT2D eigenvalue weighted by molar-refractivity contribution is 6.49. The quantitative estimate of drug-likeness (QED) is 0.197. The van der Waals surface area contributed by atoms with E-state index in [-0.39, 0.29) is 11.3 Å². The summed E-state index contributed by atoms with van der Waals surface area (Å²) < 4.78 is 20.2. The van der Waals surface area contributed by atoms with Gasteiger partial charge in [0.05, 0.1) is 23.9 Å². The number of amides is 1. The Morgan fingerprint density at radius 2 is 1.57 bits per heavy atom. The number of carbonyl (C=O) groups is 2. The minimum Gasteiger partial charge on any atom is -0.544 e. The van der Waals surface area contributed by atoms with E-state index in [0.29, 0.717) is 23.4 Å². The first-order valence-corrected chi connectivity index (χ1v) is 20.4. The standard InChI is InChI=1S/C40H51N3O5Si/c1-39(2,3)31-17-16-28(35(36(31)46-7)48-49(8)9)27-14-15-29(34-30(27)23-41-37(34)44)33-22-26-21-25(24-42-19-11-10-12-20-42)13-18-32(26)43(33)38(45)47-40(4,5)6/h13-18,21-22,49H,10-12,19-20,23-24H2,1-9H3,(H,41,44). The number of piperidine rings is 1. The van der Waals surface area contributed by atoms with E-state index in [4.69, 9.17) is 13.9 Å². The van der Waals surface area contributed by atoms with Crippen LogP contribution in [0.25, 0.3) is 33.3 Å². The predicted molar refractivity (Wildman–Crippen MR) is 199 cm³/mol. The van der Waals surface area contributed by atoms with Gasteiger partial charge in [0.15, 0.2) is 11.5 Å². The molecular weight excluding hydrogens is 631 g/mol. The Kier molecular flexibility index (Phi) is 9.45. The number of hydrogen-bond donors (Lipinski definition) is 1. The van der Waals surface area contributed by atoms with Crippen molar-refractivity contribution in [1.29, 1.82) is 0 Å². The number of nitrogens with one attached hydrogen (secondary N) is 1. The lowest BCUT2D eigenvalue weighted by atomic mass is 9.84. The molecule has 0 aliphatic carbocycles. The fourth-order valence-electron chi connectivity index (χ4n) is 7.18. The number of benzene rings is 3. The highest BCUT2D eigenvalue weighted by atomic mass is 28.3. The molecule has 1 fully saturated rings. The number of carbonyl (C=O) groups excluding carboxylic acids is 2. The lowest BCUT2D eigenvalue weighted by Crippen LogP contribution is -2.29. The van der Waals surface area contributed by atoms with E-state index in [1.807, 2.05) is 45.0 Å². The molecule has 0 unspecified atom stereocenters. The van der Waals surface area contributed by atoms with Gasteiger partial charge >= 0.3 is 6.09 Å². The molecule has 0 radical (unpaired) electrons. The van der Waals surface area contributed by atoms with E-state index in [1.165, 1.54) is 24.8 Å². The molecule has 3 heterocycles. The number of nitrogens with zero attached hydrogens (tertiary/aromatic N) is 2. The van der Waals surface area contributed by atoms with Gasteiger partial charge in [0.2, 0.25) is 9.04 Å². The first-order chi connectivity index (χ1) is 23.2. The molecule has 0 spiro atoms. The van der Waals surface area contributed by atoms with E-state index in [1.54, 1.807) is 11.7 Å². The van der Waals surface area contributed by atoms with Crippen LogP contribution >= 0.6 is 0 Å². The van der Waals surface area contributed by atoms with E-state index in [2.05, 4.69) is 68.3 Å². The molecule has 4 aromatic rings. The zero-order valence-corrected chi connectivity index (χ0v) is 31.7. The molecular formula is C40H51N3O5Si. The van der Waals surface area contributed by atoms with Crippen molar-refractivity contribution >= 4 is 31.9 Å². The number of aromatic nitrogens is 1. The van der Waals surface area contributed by atoms with Crippen LogP contribution in [0.3, 0.4) is 0 Å². The third-order valence-corrected chi connectivity index (χ3v) is 10.0. The van der Waals surface area contributed by atoms with Crippen LogP contribution in [0.15, 0.2) is 48.5 Å². The summed E-state index contributed by atoms with van der Waals surface area (Å²) in [5.41, 5.74) is 6.71. The number of fused-ring (bicyclic) bond motifs is 2. The van der Waals surface area contributed by atoms with Crippen LogP contribution in [-0.4, -0.2) is 56.3 Å². The first-order valence-electron chi connectivity index (χ1n) is 17.6. The van der Waals surface area contributed by atoms with Crippen molar-refractivity contribution in [3.05, 3.63) is 70.8 Å². The average molecular weight is 682 g/mol. The van der Waals surface area contributed by atoms with Gasteiger partial charge in [-0.2, -0.15) is 0 Å². The smallest absolute Gasteiger partial charge is 0.419 e. The zero-order chi connectivity index (χ0) is 35.2. The fraction of sp³-hybridized carbons (Fsp3) is 0.450. The molecule has 1 N–H and O–H groups in total. The number of rotatable bonds is 7. The van der Waals surface area contributed by atoms with Gasteiger partial charge in [-0.15, -0.1) is 0 Å². The maximum Gasteiger partial charge on any atom is 0.419 e. The third kappa shape index (κ3) is 7.01. The second-order valence-electron chi connectivity index (χ2n) is 15.7. The summed E-state index contributed by atoms with van der Waals surface area (Å²) in [5.74, 6) is 1.28. The molecule has 8 nitrogen and oxygen atoms in total. The van der Waals surface area contributed by atoms with Crippen LogP contribution in [0.5, 0.6) is 11.5 Å². The number of likely N-dealkylation sites (tertiary alicyclic amines) is 1. The topological polar surface area (TPSA) is 82.0 Å². The van der Waals surface area contributed by atoms with Crippen LogP contribution in [0.1, 0.15) is 87.9 Å². The molecule has 260 valence electrons. The van der Waals surface area contributed by atoms with E-state index < -0.39 is 20.7 Å². The minimum absolute atomic E-state index is 0.160. The van der Waals surface area contributed by atoms with Gasteiger partial charge in [-0.25, -0.2) is 9.36 Å². The van der Waals surface area contributed by atoms with Crippen molar-refractivity contribution in [1.82, 2.24) is 14.8 Å². The number of methoxy groups -OCH3 is 1. The van der Waals surface area contributed by atoms with Crippen LogP contribution in [0.2, 0.25) is 13.1 Å². The molecule has 1 saturated heterocycles. The minimum atomic E-state index is -1.55. The van der Waals surface area contributed by atoms with Crippen molar-refractivity contribution in [3.8, 4) is 33.9 Å². The largest absolute Gasteiger partial charge is 0.544 e. The summed E-state index contributed by atoms with van der Waals surface area (Å²) >= 11 is 0. The van der Waals surface area contributed by atoms with Crippen molar-refractivity contribution in [2.24, 2.45) is 0 Å². The summed E-state index contributed by atoms with van der Waals surface area (Å²) in [5, 5.41) is 4.01. The van der Waals surface area contributed by atoms with Gasteiger partial charge in [0.1, 0.15) is 5.60 Å². The Labute approximate surface area is 292 Å². The molecule has 6 rings (SSSR count). The molecule has 1 aromatic heterocycles. The second kappa shape index (κ2) is 13.3. The van der Waals surface area contributed by atoms with Gasteiger partial charge in [0, 0.05) is 35.2 Å². The SMILES string of the molecule is COc1c(C(C)(C)C)ccc(-c2ccc(-c3cc4cc(CN5CCCCC5)ccc4n3C(=O)OC(C)(C)C)c3c2CNC3=O)c1O[SiH](C)C. The third-order valence-electron chi connectivity index (χ3n) is 9.31. The number of ether oxygens (including phenoxy) is 2. The molecule has 2 aliphatic heterocycles. The van der Waals surface area contributed by atoms with E-state index >= 15 is 0 Å². The maximum atomic E-state index is 13.9. The van der Waals surface area contributed by atoms with Gasteiger partial charge in [-0.05, 0) is 100 Å². The molecule has 1 amide bonds. The Balaban J connectivity index is 1.53. The lowest BCUT2D eigenvalue weighted by molar-refractivity contribution is 0.0547. The molecule has 0 bridgehead atoms. The Bertz CT molecular complexity index is 1910. The van der Waals surface area contributed by atoms with Crippen molar-refractivity contribution in [2.75, 3.05) is 20.2 Å². The highest BCUT2D eigenvalue weighted by Crippen LogP contribution is 2.48. The summed E-state index contributed by atoms with van der Waals surface area (Å²) in [6.45, 7) is 19.8. The summed E-state index contributed by atoms with van der Waals surface area (Å²) in [6.07, 6.45) is 3.27. The molecule has 49 heavy (non-hydrogen) atoms. The van der Waals surface area contributed by atoms with Crippen LogP contribution < -0.4 is 14.5 Å². The van der Waals surface area contributed by atoms with Gasteiger partial charge in [-0.3, -0.25) is 9.69 Å². The van der Waals surface area contributed by atoms with Crippen molar-refractivity contribution in [3.63, 3.8) is 0 Å². The fourth-order valence-corrected chi connectivity index (χ4v) is 7.88. The Hall–Kier alpha value is -4.08. The molecule has 3 aromatic carbocycles. The zero-order valence-electron chi connectivity index (χ0n) is 30.6. The first kappa shape index (κ1) is 34.8. The van der Waals surface area contributed by atoms with E-state index in [0.717, 1.165) is 64.3 Å². The van der Waals surface area contributed by atoms with Crippen molar-refractivity contribution < 1.29 is 23.5 Å². The molecule has 9 heteroatoms. The monoisotopic (exact) mass is 681 g/mol. The van der Waals surface area contributed by atoms with Gasteiger partial charge < -0.3 is 19.2 Å². The maximum absolute atomic E-state index is 13.9. The van der Waals surface area contributed by atoms with Crippen LogP contribution in [0.4, 0.5) is 4.79 Å². The molecule has 2 aliphatic rings.